The Morgan fingerprint density at radius 2 is 1.69 bits per heavy atom. The van der Waals surface area contributed by atoms with E-state index in [-0.39, 0.29) is 16.6 Å². The molecule has 0 amide bonds. The summed E-state index contributed by atoms with van der Waals surface area (Å²) in [7, 11) is 0. The topological polar surface area (TPSA) is 20.2 Å². The van der Waals surface area contributed by atoms with E-state index in [1.807, 2.05) is 13.8 Å². The van der Waals surface area contributed by atoms with E-state index in [0.29, 0.717) is 5.56 Å². The molecule has 0 aliphatic carbocycles. The Hall–Kier alpha value is -1.05. The van der Waals surface area contributed by atoms with Crippen molar-refractivity contribution in [2.45, 2.75) is 46.5 Å². The van der Waals surface area contributed by atoms with Gasteiger partial charge >= 0.3 is 0 Å². The molecule has 1 rings (SSSR count). The second kappa shape index (κ2) is 4.08. The predicted octanol–water partition coefficient (Wildman–Crippen LogP) is 4.25. The largest absolute Gasteiger partial charge is 0.505 e. The van der Waals surface area contributed by atoms with E-state index in [0.717, 1.165) is 6.42 Å². The van der Waals surface area contributed by atoms with Crippen molar-refractivity contribution in [2.75, 3.05) is 0 Å². The van der Waals surface area contributed by atoms with Crippen LogP contribution in [-0.2, 0) is 5.41 Å². The minimum atomic E-state index is -0.489. The molecule has 0 fully saturated rings. The summed E-state index contributed by atoms with van der Waals surface area (Å²) in [5, 5.41) is 9.39. The van der Waals surface area contributed by atoms with E-state index < -0.39 is 5.82 Å². The first-order chi connectivity index (χ1) is 7.13. The fourth-order valence-electron chi connectivity index (χ4n) is 2.46. The molecule has 1 nitrogen and oxygen atoms in total. The zero-order chi connectivity index (χ0) is 12.6. The maximum absolute atomic E-state index is 13.8. The third-order valence-electron chi connectivity index (χ3n) is 2.68. The van der Waals surface area contributed by atoms with Gasteiger partial charge in [0.2, 0.25) is 0 Å². The van der Waals surface area contributed by atoms with Crippen LogP contribution in [0.4, 0.5) is 4.39 Å². The summed E-state index contributed by atoms with van der Waals surface area (Å²) in [6.45, 7) is 10.4. The molecule has 1 aromatic carbocycles. The molecule has 0 unspecified atom stereocenters. The number of hydrogen-bond acceptors (Lipinski definition) is 1. The van der Waals surface area contributed by atoms with Gasteiger partial charge < -0.3 is 5.11 Å². The molecule has 0 spiro atoms. The van der Waals surface area contributed by atoms with Crippen molar-refractivity contribution in [1.29, 1.82) is 0 Å². The van der Waals surface area contributed by atoms with Crippen LogP contribution in [0.5, 0.6) is 5.75 Å². The first-order valence-corrected chi connectivity index (χ1v) is 5.61. The van der Waals surface area contributed by atoms with Gasteiger partial charge in [-0.15, -0.1) is 0 Å². The highest BCUT2D eigenvalue weighted by Crippen LogP contribution is 2.38. The average molecular weight is 224 g/mol. The molecule has 16 heavy (non-hydrogen) atoms. The molecular weight excluding hydrogens is 203 g/mol. The smallest absolute Gasteiger partial charge is 0.168 e. The second-order valence-corrected chi connectivity index (χ2v) is 6.26. The van der Waals surface area contributed by atoms with Crippen LogP contribution in [0.2, 0.25) is 0 Å². The van der Waals surface area contributed by atoms with Crippen molar-refractivity contribution >= 4 is 0 Å². The molecule has 1 N–H and O–H groups in total. The molecular formula is C14H21FO. The average Bonchev–Trinajstić information content (AvgIpc) is 2.05. The number of rotatable bonds is 2. The third-order valence-corrected chi connectivity index (χ3v) is 2.68. The lowest BCUT2D eigenvalue weighted by Crippen LogP contribution is -2.25. The molecule has 0 atom stereocenters. The predicted molar refractivity (Wildman–Crippen MR) is 65.2 cm³/mol. The first-order valence-electron chi connectivity index (χ1n) is 5.61. The molecule has 0 aliphatic rings. The van der Waals surface area contributed by atoms with Crippen LogP contribution < -0.4 is 0 Å². The van der Waals surface area contributed by atoms with E-state index >= 15 is 0 Å². The highest BCUT2D eigenvalue weighted by molar-refractivity contribution is 5.34. The van der Waals surface area contributed by atoms with Gasteiger partial charge in [-0.3, -0.25) is 0 Å². The number of phenols is 1. The van der Waals surface area contributed by atoms with Crippen LogP contribution in [0.1, 0.15) is 46.6 Å². The minimum absolute atomic E-state index is 0.126. The Morgan fingerprint density at radius 3 is 2.19 bits per heavy atom. The van der Waals surface area contributed by atoms with Crippen molar-refractivity contribution in [3.8, 4) is 5.75 Å². The maximum Gasteiger partial charge on any atom is 0.168 e. The third kappa shape index (κ3) is 2.97. The van der Waals surface area contributed by atoms with E-state index in [2.05, 4.69) is 20.8 Å². The quantitative estimate of drug-likeness (QED) is 0.796. The van der Waals surface area contributed by atoms with Gasteiger partial charge in [0.1, 0.15) is 0 Å². The lowest BCUT2D eigenvalue weighted by Gasteiger charge is -2.33. The van der Waals surface area contributed by atoms with E-state index in [9.17, 15) is 9.50 Å². The summed E-state index contributed by atoms with van der Waals surface area (Å²) in [5.41, 5.74) is 0.435. The molecule has 0 aromatic heterocycles. The lowest BCUT2D eigenvalue weighted by molar-refractivity contribution is 0.276. The Labute approximate surface area is 97.3 Å². The Bertz CT molecular complexity index is 375. The van der Waals surface area contributed by atoms with E-state index in [1.165, 1.54) is 6.07 Å². The first kappa shape index (κ1) is 13.0. The van der Waals surface area contributed by atoms with Crippen molar-refractivity contribution in [3.63, 3.8) is 0 Å². The van der Waals surface area contributed by atoms with Gasteiger partial charge in [0.05, 0.1) is 0 Å². The molecule has 1 aromatic rings. The maximum atomic E-state index is 13.8. The van der Waals surface area contributed by atoms with Gasteiger partial charge in [-0.05, 0) is 28.9 Å². The number of aromatic hydroxyl groups is 1. The zero-order valence-corrected chi connectivity index (χ0v) is 10.8. The van der Waals surface area contributed by atoms with Crippen LogP contribution in [0.25, 0.3) is 0 Å². The summed E-state index contributed by atoms with van der Waals surface area (Å²) in [6.07, 6.45) is 0.861. The van der Waals surface area contributed by atoms with Gasteiger partial charge in [-0.2, -0.15) is 0 Å². The highest BCUT2D eigenvalue weighted by atomic mass is 19.1. The Morgan fingerprint density at radius 1 is 1.12 bits per heavy atom. The van der Waals surface area contributed by atoms with E-state index in [1.54, 1.807) is 12.1 Å². The van der Waals surface area contributed by atoms with Gasteiger partial charge in [0, 0.05) is 0 Å². The number of benzene rings is 1. The Kier molecular flexibility index (Phi) is 3.32. The Balaban J connectivity index is 3.12. The van der Waals surface area contributed by atoms with Gasteiger partial charge in [-0.1, -0.05) is 46.8 Å². The molecule has 0 radical (unpaired) electrons. The van der Waals surface area contributed by atoms with Crippen LogP contribution >= 0.6 is 0 Å². The van der Waals surface area contributed by atoms with Gasteiger partial charge in [0.15, 0.2) is 11.6 Å². The zero-order valence-electron chi connectivity index (χ0n) is 10.8. The van der Waals surface area contributed by atoms with Gasteiger partial charge in [-0.25, -0.2) is 4.39 Å². The monoisotopic (exact) mass is 224 g/mol. The normalized spacial score (nSPS) is 12.9. The molecule has 0 heterocycles. The molecule has 0 bridgehead atoms. The number of hydrogen-bond donors (Lipinski definition) is 1. The lowest BCUT2D eigenvalue weighted by atomic mass is 9.72. The summed E-state index contributed by atoms with van der Waals surface area (Å²) < 4.78 is 13.8. The summed E-state index contributed by atoms with van der Waals surface area (Å²) in [6, 6.07) is 4.82. The van der Waals surface area contributed by atoms with Crippen LogP contribution in [0.15, 0.2) is 18.2 Å². The van der Waals surface area contributed by atoms with Crippen molar-refractivity contribution < 1.29 is 9.50 Å². The molecule has 2 heteroatoms. The van der Waals surface area contributed by atoms with Crippen molar-refractivity contribution in [3.05, 3.63) is 29.6 Å². The fourth-order valence-corrected chi connectivity index (χ4v) is 2.46. The molecule has 0 saturated carbocycles. The van der Waals surface area contributed by atoms with Crippen LogP contribution in [-0.4, -0.2) is 5.11 Å². The van der Waals surface area contributed by atoms with Gasteiger partial charge in [0.25, 0.3) is 0 Å². The second-order valence-electron chi connectivity index (χ2n) is 6.26. The van der Waals surface area contributed by atoms with E-state index in [4.69, 9.17) is 0 Å². The standard InChI is InChI=1S/C14H21FO/c1-13(2,3)9-14(4,5)10-7-6-8-11(16)12(10)15/h6-8,16H,9H2,1-5H3. The molecule has 0 saturated heterocycles. The van der Waals surface area contributed by atoms with Crippen molar-refractivity contribution in [1.82, 2.24) is 0 Å². The number of phenolic OH excluding ortho intramolecular Hbond substituents is 1. The summed E-state index contributed by atoms with van der Waals surface area (Å²) >= 11 is 0. The summed E-state index contributed by atoms with van der Waals surface area (Å²) in [4.78, 5) is 0. The summed E-state index contributed by atoms with van der Waals surface area (Å²) in [5.74, 6) is -0.753. The minimum Gasteiger partial charge on any atom is -0.505 e. The molecule has 90 valence electrons. The SMILES string of the molecule is CC(C)(C)CC(C)(C)c1cccc(O)c1F. The van der Waals surface area contributed by atoms with Crippen LogP contribution in [0, 0.1) is 11.2 Å². The van der Waals surface area contributed by atoms with Crippen molar-refractivity contribution in [2.24, 2.45) is 5.41 Å². The molecule has 0 aliphatic heterocycles. The number of halogens is 1. The van der Waals surface area contributed by atoms with Crippen LogP contribution in [0.3, 0.4) is 0 Å². The highest BCUT2D eigenvalue weighted by Gasteiger charge is 2.30. The fraction of sp³-hybridized carbons (Fsp3) is 0.571.